The van der Waals surface area contributed by atoms with Gasteiger partial charge in [0, 0.05) is 31.0 Å². The molecule has 0 saturated heterocycles. The molecule has 7 nitrogen and oxygen atoms in total. The molecule has 0 atom stereocenters. The van der Waals surface area contributed by atoms with Crippen LogP contribution in [0, 0.1) is 19.7 Å². The van der Waals surface area contributed by atoms with Crippen molar-refractivity contribution in [2.45, 2.75) is 20.4 Å². The number of hydrogen-bond acceptors (Lipinski definition) is 4. The van der Waals surface area contributed by atoms with Crippen molar-refractivity contribution < 1.29 is 13.9 Å². The fourth-order valence-electron chi connectivity index (χ4n) is 3.29. The minimum atomic E-state index is -0.372. The Morgan fingerprint density at radius 1 is 1.06 bits per heavy atom. The number of halogens is 1. The van der Waals surface area contributed by atoms with Gasteiger partial charge in [0.1, 0.15) is 17.1 Å². The lowest BCUT2D eigenvalue weighted by atomic mass is 10.0. The Morgan fingerprint density at radius 3 is 2.59 bits per heavy atom. The van der Waals surface area contributed by atoms with Crippen molar-refractivity contribution in [2.24, 2.45) is 0 Å². The molecule has 2 aromatic carbocycles. The Hall–Kier alpha value is -3.94. The number of amides is 1. The predicted molar refractivity (Wildman–Crippen MR) is 119 cm³/mol. The van der Waals surface area contributed by atoms with Crippen molar-refractivity contribution in [1.82, 2.24) is 19.5 Å². The molecule has 0 saturated carbocycles. The van der Waals surface area contributed by atoms with Crippen LogP contribution >= 0.6 is 0 Å². The lowest BCUT2D eigenvalue weighted by molar-refractivity contribution is -0.123. The van der Waals surface area contributed by atoms with Crippen LogP contribution in [-0.4, -0.2) is 33.2 Å². The molecule has 0 aliphatic heterocycles. The fourth-order valence-corrected chi connectivity index (χ4v) is 3.29. The summed E-state index contributed by atoms with van der Waals surface area (Å²) >= 11 is 0. The van der Waals surface area contributed by atoms with Crippen LogP contribution < -0.4 is 15.6 Å². The van der Waals surface area contributed by atoms with E-state index in [1.807, 2.05) is 19.1 Å². The van der Waals surface area contributed by atoms with Crippen LogP contribution in [0.1, 0.15) is 11.1 Å². The maximum atomic E-state index is 12.9. The van der Waals surface area contributed by atoms with E-state index in [1.54, 1.807) is 23.0 Å². The number of ether oxygens (including phenoxy) is 1. The molecule has 0 radical (unpaired) electrons. The van der Waals surface area contributed by atoms with Crippen molar-refractivity contribution in [1.29, 1.82) is 0 Å². The molecule has 0 aliphatic carbocycles. The molecule has 0 fully saturated rings. The van der Waals surface area contributed by atoms with Crippen LogP contribution in [-0.2, 0) is 11.3 Å². The van der Waals surface area contributed by atoms with Crippen LogP contribution in [0.3, 0.4) is 0 Å². The van der Waals surface area contributed by atoms with Crippen LogP contribution in [0.4, 0.5) is 4.39 Å². The van der Waals surface area contributed by atoms with Gasteiger partial charge >= 0.3 is 0 Å². The molecule has 4 aromatic rings. The molecule has 1 N–H and O–H groups in total. The molecule has 0 unspecified atom stereocenters. The second kappa shape index (κ2) is 9.05. The minimum Gasteiger partial charge on any atom is -0.484 e. The monoisotopic (exact) mass is 434 g/mol. The minimum absolute atomic E-state index is 0.188. The molecule has 1 amide bonds. The number of carbonyl (C=O) groups excluding carboxylic acids is 1. The molecule has 8 heteroatoms. The number of rotatable bonds is 7. The number of fused-ring (bicyclic) bond motifs is 1. The van der Waals surface area contributed by atoms with Gasteiger partial charge in [-0.2, -0.15) is 5.10 Å². The molecule has 4 rings (SSSR count). The van der Waals surface area contributed by atoms with E-state index >= 15 is 0 Å². The van der Waals surface area contributed by atoms with E-state index in [4.69, 9.17) is 4.74 Å². The highest BCUT2D eigenvalue weighted by Crippen LogP contribution is 2.21. The molecule has 0 spiro atoms. The number of aryl methyl sites for hydroxylation is 2. The fraction of sp³-hybridized carbons (Fsp3) is 0.208. The first-order valence-electron chi connectivity index (χ1n) is 10.2. The zero-order valence-electron chi connectivity index (χ0n) is 17.8. The lowest BCUT2D eigenvalue weighted by Crippen LogP contribution is -2.33. The largest absolute Gasteiger partial charge is 0.484 e. The van der Waals surface area contributed by atoms with E-state index in [9.17, 15) is 14.0 Å². The first kappa shape index (κ1) is 21.3. The molecule has 2 heterocycles. The Balaban J connectivity index is 1.38. The third-order valence-corrected chi connectivity index (χ3v) is 5.26. The topological polar surface area (TPSA) is 77.6 Å². The first-order valence-corrected chi connectivity index (χ1v) is 10.2. The van der Waals surface area contributed by atoms with Crippen molar-refractivity contribution in [3.63, 3.8) is 0 Å². The number of aromatic nitrogens is 3. The van der Waals surface area contributed by atoms with Gasteiger partial charge in [0.2, 0.25) is 0 Å². The molecule has 32 heavy (non-hydrogen) atoms. The Labute approximate surface area is 184 Å². The van der Waals surface area contributed by atoms with E-state index in [-0.39, 0.29) is 30.4 Å². The third-order valence-electron chi connectivity index (χ3n) is 5.26. The Kier molecular flexibility index (Phi) is 6.02. The van der Waals surface area contributed by atoms with Gasteiger partial charge in [-0.1, -0.05) is 12.1 Å². The molecule has 2 aromatic heterocycles. The maximum absolute atomic E-state index is 12.9. The van der Waals surface area contributed by atoms with Crippen molar-refractivity contribution >= 4 is 11.4 Å². The number of nitrogens with one attached hydrogen (secondary N) is 1. The summed E-state index contributed by atoms with van der Waals surface area (Å²) < 4.78 is 21.3. The Morgan fingerprint density at radius 2 is 1.84 bits per heavy atom. The van der Waals surface area contributed by atoms with E-state index in [0.29, 0.717) is 17.8 Å². The van der Waals surface area contributed by atoms with E-state index < -0.39 is 0 Å². The van der Waals surface area contributed by atoms with E-state index in [1.165, 1.54) is 34.4 Å². The third kappa shape index (κ3) is 4.69. The van der Waals surface area contributed by atoms with Gasteiger partial charge in [0.25, 0.3) is 11.5 Å². The molecule has 164 valence electrons. The van der Waals surface area contributed by atoms with E-state index in [0.717, 1.165) is 16.8 Å². The van der Waals surface area contributed by atoms with Gasteiger partial charge in [-0.05, 0) is 61.4 Å². The highest BCUT2D eigenvalue weighted by atomic mass is 19.1. The van der Waals surface area contributed by atoms with Gasteiger partial charge in [-0.3, -0.25) is 9.59 Å². The summed E-state index contributed by atoms with van der Waals surface area (Å²) in [6, 6.07) is 13.3. The molecule has 0 bridgehead atoms. The summed E-state index contributed by atoms with van der Waals surface area (Å²) in [5.74, 6) is -0.295. The lowest BCUT2D eigenvalue weighted by Gasteiger charge is -2.09. The normalized spacial score (nSPS) is 11.0. The van der Waals surface area contributed by atoms with Crippen molar-refractivity contribution in [3.8, 4) is 17.0 Å². The van der Waals surface area contributed by atoms with Gasteiger partial charge in [0.05, 0.1) is 5.69 Å². The summed E-state index contributed by atoms with van der Waals surface area (Å²) in [6.07, 6.45) is 3.37. The summed E-state index contributed by atoms with van der Waals surface area (Å²) in [5, 5.41) is 7.23. The molecular weight excluding hydrogens is 411 g/mol. The molecule has 0 aliphatic rings. The average molecular weight is 434 g/mol. The summed E-state index contributed by atoms with van der Waals surface area (Å²) in [4.78, 5) is 24.8. The Bertz CT molecular complexity index is 1330. The highest BCUT2D eigenvalue weighted by Gasteiger charge is 2.10. The highest BCUT2D eigenvalue weighted by molar-refractivity contribution is 5.77. The number of hydrogen-bond donors (Lipinski definition) is 1. The quantitative estimate of drug-likeness (QED) is 0.485. The second-order valence-corrected chi connectivity index (χ2v) is 7.55. The number of carbonyl (C=O) groups is 1. The van der Waals surface area contributed by atoms with Crippen LogP contribution in [0.15, 0.2) is 65.7 Å². The summed E-state index contributed by atoms with van der Waals surface area (Å²) in [6.45, 7) is 4.47. The SMILES string of the molecule is Cc1ccc(-c2cc3c(=O)n(CCNC(=O)COc4ccc(F)cc4)ccn3n2)cc1C. The number of nitrogens with zero attached hydrogens (tertiary/aromatic N) is 3. The average Bonchev–Trinajstić information content (AvgIpc) is 3.22. The van der Waals surface area contributed by atoms with Crippen molar-refractivity contribution in [2.75, 3.05) is 13.2 Å². The van der Waals surface area contributed by atoms with Gasteiger partial charge in [-0.15, -0.1) is 0 Å². The second-order valence-electron chi connectivity index (χ2n) is 7.55. The standard InChI is InChI=1S/C24H23FN4O3/c1-16-3-4-18(13-17(16)2)21-14-22-24(31)28(11-12-29(22)27-21)10-9-26-23(30)15-32-20-7-5-19(25)6-8-20/h3-8,11-14H,9-10,15H2,1-2H3,(H,26,30). The van der Waals surface area contributed by atoms with Crippen LogP contribution in [0.5, 0.6) is 5.75 Å². The van der Waals surface area contributed by atoms with Crippen molar-refractivity contribution in [3.05, 3.63) is 88.2 Å². The molecular formula is C24H23FN4O3. The van der Waals surface area contributed by atoms with Gasteiger partial charge < -0.3 is 14.6 Å². The maximum Gasteiger partial charge on any atom is 0.276 e. The van der Waals surface area contributed by atoms with Crippen LogP contribution in [0.2, 0.25) is 0 Å². The predicted octanol–water partition coefficient (Wildman–Crippen LogP) is 3.11. The zero-order chi connectivity index (χ0) is 22.7. The first-order chi connectivity index (χ1) is 15.4. The van der Waals surface area contributed by atoms with Crippen LogP contribution in [0.25, 0.3) is 16.8 Å². The van der Waals surface area contributed by atoms with Gasteiger partial charge in [0.15, 0.2) is 6.61 Å². The summed E-state index contributed by atoms with van der Waals surface area (Å²) in [7, 11) is 0. The van der Waals surface area contributed by atoms with E-state index in [2.05, 4.69) is 23.4 Å². The summed E-state index contributed by atoms with van der Waals surface area (Å²) in [5.41, 5.74) is 4.32. The zero-order valence-corrected chi connectivity index (χ0v) is 17.8. The number of benzene rings is 2. The van der Waals surface area contributed by atoms with Gasteiger partial charge in [-0.25, -0.2) is 8.91 Å². The smallest absolute Gasteiger partial charge is 0.276 e.